The van der Waals surface area contributed by atoms with Crippen LogP contribution in [0.5, 0.6) is 5.75 Å². The van der Waals surface area contributed by atoms with Gasteiger partial charge in [0, 0.05) is 7.05 Å². The van der Waals surface area contributed by atoms with Crippen molar-refractivity contribution in [2.45, 2.75) is 12.5 Å². The number of carbonyl (C=O) groups is 3. The molecule has 0 aromatic heterocycles. The second kappa shape index (κ2) is 13.2. The molecule has 2 aromatic carbocycles. The van der Waals surface area contributed by atoms with Crippen molar-refractivity contribution < 1.29 is 19.1 Å². The average Bonchev–Trinajstić information content (AvgIpc) is 2.78. The minimum atomic E-state index is -0.781. The molecule has 0 bridgehead atoms. The maximum atomic E-state index is 12.9. The number of ether oxygens (including phenoxy) is 1. The van der Waals surface area contributed by atoms with Crippen molar-refractivity contribution in [2.75, 3.05) is 37.5 Å². The molecule has 0 spiro atoms. The van der Waals surface area contributed by atoms with Gasteiger partial charge in [-0.25, -0.2) is 0 Å². The Morgan fingerprint density at radius 1 is 1.03 bits per heavy atom. The van der Waals surface area contributed by atoms with Crippen LogP contribution in [0.3, 0.4) is 0 Å². The largest absolute Gasteiger partial charge is 0.484 e. The van der Waals surface area contributed by atoms with Crippen LogP contribution in [0, 0.1) is 0 Å². The number of benzene rings is 2. The summed E-state index contributed by atoms with van der Waals surface area (Å²) in [6.45, 7) is -0.450. The third-order valence-corrected chi connectivity index (χ3v) is 5.62. The third kappa shape index (κ3) is 8.26. The van der Waals surface area contributed by atoms with E-state index in [9.17, 15) is 14.4 Å². The molecule has 2 rings (SSSR count). The van der Waals surface area contributed by atoms with Crippen molar-refractivity contribution in [2.24, 2.45) is 0 Å². The maximum Gasteiger partial charge on any atom is 0.258 e. The SMILES string of the molecule is CSCC[C@@H](NC(=O)COc1ccccc1)C(=O)N(C)CC(=O)Nc1c(Cl)cccc1Cl. The second-order valence-electron chi connectivity index (χ2n) is 6.84. The van der Waals surface area contributed by atoms with Gasteiger partial charge in [-0.1, -0.05) is 47.5 Å². The first-order valence-electron chi connectivity index (χ1n) is 9.76. The molecule has 3 amide bonds. The van der Waals surface area contributed by atoms with E-state index in [1.54, 1.807) is 54.2 Å². The number of para-hydroxylation sites is 2. The molecule has 0 aliphatic rings. The van der Waals surface area contributed by atoms with Crippen molar-refractivity contribution in [3.8, 4) is 5.75 Å². The van der Waals surface area contributed by atoms with Gasteiger partial charge < -0.3 is 20.3 Å². The fraction of sp³-hybridized carbons (Fsp3) is 0.318. The molecule has 0 fully saturated rings. The minimum Gasteiger partial charge on any atom is -0.484 e. The van der Waals surface area contributed by atoms with E-state index in [1.165, 1.54) is 11.9 Å². The second-order valence-corrected chi connectivity index (χ2v) is 8.64. The van der Waals surface area contributed by atoms with E-state index in [-0.39, 0.29) is 24.7 Å². The van der Waals surface area contributed by atoms with Crippen LogP contribution in [-0.4, -0.2) is 60.9 Å². The Balaban J connectivity index is 1.94. The number of halogens is 2. The van der Waals surface area contributed by atoms with Crippen molar-refractivity contribution in [1.29, 1.82) is 0 Å². The highest BCUT2D eigenvalue weighted by molar-refractivity contribution is 7.98. The predicted molar refractivity (Wildman–Crippen MR) is 130 cm³/mol. The van der Waals surface area contributed by atoms with Gasteiger partial charge in [-0.05, 0) is 42.7 Å². The van der Waals surface area contributed by atoms with Gasteiger partial charge >= 0.3 is 0 Å². The van der Waals surface area contributed by atoms with E-state index < -0.39 is 17.9 Å². The molecule has 172 valence electrons. The van der Waals surface area contributed by atoms with Crippen LogP contribution in [0.25, 0.3) is 0 Å². The van der Waals surface area contributed by atoms with Gasteiger partial charge in [0.05, 0.1) is 22.3 Å². The highest BCUT2D eigenvalue weighted by Gasteiger charge is 2.25. The topological polar surface area (TPSA) is 87.7 Å². The molecular weight excluding hydrogens is 473 g/mol. The Bertz CT molecular complexity index is 910. The minimum absolute atomic E-state index is 0.220. The molecule has 0 aliphatic heterocycles. The lowest BCUT2D eigenvalue weighted by atomic mass is 10.2. The van der Waals surface area contributed by atoms with Crippen LogP contribution < -0.4 is 15.4 Å². The van der Waals surface area contributed by atoms with Crippen LogP contribution in [0.4, 0.5) is 5.69 Å². The summed E-state index contributed by atoms with van der Waals surface area (Å²) < 4.78 is 5.44. The highest BCUT2D eigenvalue weighted by Crippen LogP contribution is 2.29. The Labute approximate surface area is 201 Å². The summed E-state index contributed by atoms with van der Waals surface area (Å²) in [5, 5.41) is 5.91. The highest BCUT2D eigenvalue weighted by atomic mass is 35.5. The Morgan fingerprint density at radius 2 is 1.69 bits per heavy atom. The van der Waals surface area contributed by atoms with Gasteiger partial charge in [0.25, 0.3) is 5.91 Å². The summed E-state index contributed by atoms with van der Waals surface area (Å²) in [5.41, 5.74) is 0.284. The van der Waals surface area contributed by atoms with E-state index in [2.05, 4.69) is 10.6 Å². The van der Waals surface area contributed by atoms with Gasteiger partial charge in [-0.3, -0.25) is 14.4 Å². The molecule has 32 heavy (non-hydrogen) atoms. The summed E-state index contributed by atoms with van der Waals surface area (Å²) in [5.74, 6) is -0.0488. The van der Waals surface area contributed by atoms with Crippen molar-refractivity contribution in [3.05, 3.63) is 58.6 Å². The Morgan fingerprint density at radius 3 is 2.31 bits per heavy atom. The molecule has 1 atom stereocenters. The van der Waals surface area contributed by atoms with E-state index in [0.29, 0.717) is 28.0 Å². The lowest BCUT2D eigenvalue weighted by Gasteiger charge is -2.24. The molecule has 0 unspecified atom stereocenters. The van der Waals surface area contributed by atoms with Crippen LogP contribution >= 0.6 is 35.0 Å². The predicted octanol–water partition coefficient (Wildman–Crippen LogP) is 3.71. The van der Waals surface area contributed by atoms with Crippen LogP contribution in [0.1, 0.15) is 6.42 Å². The molecule has 0 heterocycles. The summed E-state index contributed by atoms with van der Waals surface area (Å²) in [6.07, 6.45) is 2.33. The molecule has 0 radical (unpaired) electrons. The molecule has 7 nitrogen and oxygen atoms in total. The van der Waals surface area contributed by atoms with E-state index >= 15 is 0 Å². The molecule has 2 N–H and O–H groups in total. The van der Waals surface area contributed by atoms with Crippen molar-refractivity contribution in [1.82, 2.24) is 10.2 Å². The first-order chi connectivity index (χ1) is 15.3. The number of nitrogens with one attached hydrogen (secondary N) is 2. The van der Waals surface area contributed by atoms with Gasteiger partial charge in [0.2, 0.25) is 11.8 Å². The maximum absolute atomic E-state index is 12.9. The number of nitrogens with zero attached hydrogens (tertiary/aromatic N) is 1. The number of carbonyl (C=O) groups excluding carboxylic acids is 3. The Kier molecular flexibility index (Phi) is 10.7. The fourth-order valence-corrected chi connectivity index (χ4v) is 3.71. The standard InChI is InChI=1S/C22H25Cl2N3O4S/c1-27(13-19(28)26-21-16(23)9-6-10-17(21)24)22(30)18(11-12-32-2)25-20(29)14-31-15-7-4-3-5-8-15/h3-10,18H,11-14H2,1-2H3,(H,25,29)(H,26,28)/t18-/m1/s1. The average molecular weight is 498 g/mol. The quantitative estimate of drug-likeness (QED) is 0.493. The lowest BCUT2D eigenvalue weighted by molar-refractivity contribution is -0.137. The molecule has 0 saturated heterocycles. The van der Waals surface area contributed by atoms with Gasteiger partial charge in [0.15, 0.2) is 6.61 Å². The van der Waals surface area contributed by atoms with Crippen LogP contribution in [-0.2, 0) is 14.4 Å². The van der Waals surface area contributed by atoms with E-state index in [4.69, 9.17) is 27.9 Å². The molecule has 10 heteroatoms. The summed E-state index contributed by atoms with van der Waals surface area (Å²) in [6, 6.07) is 13.0. The van der Waals surface area contributed by atoms with E-state index in [1.807, 2.05) is 12.3 Å². The zero-order valence-corrected chi connectivity index (χ0v) is 20.1. The number of hydrogen-bond acceptors (Lipinski definition) is 5. The van der Waals surface area contributed by atoms with Crippen LogP contribution in [0.15, 0.2) is 48.5 Å². The lowest BCUT2D eigenvalue weighted by Crippen LogP contribution is -2.50. The summed E-state index contributed by atoms with van der Waals surface area (Å²) in [7, 11) is 1.49. The first-order valence-corrected chi connectivity index (χ1v) is 11.9. The van der Waals surface area contributed by atoms with Crippen LogP contribution in [0.2, 0.25) is 10.0 Å². The van der Waals surface area contributed by atoms with Gasteiger partial charge in [-0.15, -0.1) is 0 Å². The molecule has 0 saturated carbocycles. The number of anilines is 1. The molecule has 0 aliphatic carbocycles. The summed E-state index contributed by atoms with van der Waals surface area (Å²) >= 11 is 13.7. The zero-order chi connectivity index (χ0) is 23.5. The van der Waals surface area contributed by atoms with Gasteiger partial charge in [0.1, 0.15) is 11.8 Å². The number of amides is 3. The third-order valence-electron chi connectivity index (χ3n) is 4.34. The molecule has 2 aromatic rings. The van der Waals surface area contributed by atoms with Gasteiger partial charge in [-0.2, -0.15) is 11.8 Å². The van der Waals surface area contributed by atoms with E-state index in [0.717, 1.165) is 0 Å². The van der Waals surface area contributed by atoms with Crippen molar-refractivity contribution >= 4 is 58.4 Å². The number of rotatable bonds is 11. The number of hydrogen-bond donors (Lipinski definition) is 2. The summed E-state index contributed by atoms with van der Waals surface area (Å²) in [4.78, 5) is 38.9. The normalized spacial score (nSPS) is 11.4. The zero-order valence-electron chi connectivity index (χ0n) is 17.8. The first kappa shape index (κ1) is 25.8. The monoisotopic (exact) mass is 497 g/mol. The number of thioether (sulfide) groups is 1. The smallest absolute Gasteiger partial charge is 0.258 e. The Hall–Kier alpha value is -2.42. The van der Waals surface area contributed by atoms with Crippen molar-refractivity contribution in [3.63, 3.8) is 0 Å². The fourth-order valence-electron chi connectivity index (χ4n) is 2.75. The number of likely N-dealkylation sites (N-methyl/N-ethyl adjacent to an activating group) is 1. The molecular formula is C22H25Cl2N3O4S.